The molecule has 0 atom stereocenters. The van der Waals surface area contributed by atoms with Gasteiger partial charge < -0.3 is 15.7 Å². The summed E-state index contributed by atoms with van der Waals surface area (Å²) in [5, 5.41) is 18.2. The molecule has 0 unspecified atom stereocenters. The van der Waals surface area contributed by atoms with Gasteiger partial charge in [-0.2, -0.15) is 5.10 Å². The predicted molar refractivity (Wildman–Crippen MR) is 119 cm³/mol. The number of fused-ring (bicyclic) bond motifs is 3. The number of carboxylic acid groups (broad SMARTS) is 1. The average molecular weight is 452 g/mol. The third kappa shape index (κ3) is 3.18. The fraction of sp³-hybridized carbons (Fsp3) is 0.238. The zero-order valence-corrected chi connectivity index (χ0v) is 18.0. The van der Waals surface area contributed by atoms with E-state index < -0.39 is 11.9 Å². The summed E-state index contributed by atoms with van der Waals surface area (Å²) < 4.78 is 0. The van der Waals surface area contributed by atoms with Crippen LogP contribution < -0.4 is 11.2 Å². The fourth-order valence-corrected chi connectivity index (χ4v) is 4.91. The smallest absolute Gasteiger partial charge is 0.345 e. The van der Waals surface area contributed by atoms with Crippen molar-refractivity contribution in [3.63, 3.8) is 0 Å². The number of carboxylic acids is 1. The quantitative estimate of drug-likeness (QED) is 0.341. The van der Waals surface area contributed by atoms with E-state index in [4.69, 9.17) is 5.73 Å². The van der Waals surface area contributed by atoms with Crippen molar-refractivity contribution in [2.45, 2.75) is 0 Å². The van der Waals surface area contributed by atoms with Gasteiger partial charge in [0.25, 0.3) is 5.91 Å². The molecule has 5 rings (SSSR count). The maximum atomic E-state index is 13.5. The lowest BCUT2D eigenvalue weighted by Crippen LogP contribution is -2.52. The number of piperazine rings is 1. The number of carbonyl (C=O) groups is 3. The van der Waals surface area contributed by atoms with Crippen LogP contribution >= 0.6 is 11.3 Å². The number of aromatic amines is 1. The van der Waals surface area contributed by atoms with Crippen molar-refractivity contribution in [1.29, 1.82) is 0 Å². The van der Waals surface area contributed by atoms with E-state index in [1.165, 1.54) is 6.07 Å². The number of benzene rings is 1. The largest absolute Gasteiger partial charge is 0.477 e. The molecule has 3 heterocycles. The first-order chi connectivity index (χ1) is 15.3. The van der Waals surface area contributed by atoms with Gasteiger partial charge in [-0.1, -0.05) is 0 Å². The standard InChI is InChI=1S/C21H20N6O4S/c1-26-6-8-27(9-7-26)25-20(29)15-11(22)3-2-10-14(15)19(28)16-17(10)23-24-18(16)12-4-5-13(32-12)21(30)31/h2-5H,6-9,22H2,1H3,(H,23,24)(H,25,29)(H,30,31). The van der Waals surface area contributed by atoms with Crippen LogP contribution in [0.1, 0.15) is 36.0 Å². The molecule has 1 aliphatic carbocycles. The minimum absolute atomic E-state index is 0.132. The van der Waals surface area contributed by atoms with Crippen LogP contribution in [0.5, 0.6) is 0 Å². The minimum atomic E-state index is -1.04. The highest BCUT2D eigenvalue weighted by atomic mass is 32.1. The second kappa shape index (κ2) is 7.55. The van der Waals surface area contributed by atoms with Crippen LogP contribution in [-0.2, 0) is 0 Å². The number of nitrogens with two attached hydrogens (primary N) is 1. The van der Waals surface area contributed by atoms with Gasteiger partial charge in [-0.05, 0) is 31.3 Å². The number of H-pyrrole nitrogens is 1. The summed E-state index contributed by atoms with van der Waals surface area (Å²) >= 11 is 1.04. The fourth-order valence-electron chi connectivity index (χ4n) is 4.06. The molecule has 2 aromatic heterocycles. The second-order valence-electron chi connectivity index (χ2n) is 7.80. The summed E-state index contributed by atoms with van der Waals surface area (Å²) in [6.07, 6.45) is 0. The molecule has 1 saturated heterocycles. The van der Waals surface area contributed by atoms with E-state index >= 15 is 0 Å². The Bertz CT molecular complexity index is 1270. The molecule has 10 nitrogen and oxygen atoms in total. The Labute approximate surface area is 186 Å². The number of hydrazine groups is 1. The van der Waals surface area contributed by atoms with Gasteiger partial charge >= 0.3 is 5.97 Å². The van der Waals surface area contributed by atoms with Crippen LogP contribution in [0.25, 0.3) is 21.8 Å². The van der Waals surface area contributed by atoms with E-state index in [9.17, 15) is 19.5 Å². The molecule has 2 aliphatic rings. The van der Waals surface area contributed by atoms with Gasteiger partial charge in [0.05, 0.1) is 21.7 Å². The highest BCUT2D eigenvalue weighted by Crippen LogP contribution is 2.43. The molecule has 0 saturated carbocycles. The first-order valence-corrected chi connectivity index (χ1v) is 10.8. The number of hydrogen-bond donors (Lipinski definition) is 4. The first-order valence-electron chi connectivity index (χ1n) is 9.99. The van der Waals surface area contributed by atoms with Gasteiger partial charge in [0.2, 0.25) is 0 Å². The molecule has 164 valence electrons. The van der Waals surface area contributed by atoms with Crippen LogP contribution in [0, 0.1) is 0 Å². The first kappa shape index (κ1) is 20.4. The SMILES string of the molecule is CN1CCN(NC(=O)c2c(N)ccc3c2C(=O)c2c-3n[nH]c2-c2ccc(C(=O)O)s2)CC1. The number of nitrogens with zero attached hydrogens (tertiary/aromatic N) is 3. The maximum Gasteiger partial charge on any atom is 0.345 e. The number of carbonyl (C=O) groups excluding carboxylic acids is 2. The lowest BCUT2D eigenvalue weighted by molar-refractivity contribution is 0.0659. The van der Waals surface area contributed by atoms with E-state index in [1.807, 2.05) is 12.1 Å². The third-order valence-corrected chi connectivity index (χ3v) is 6.86. The Hall–Kier alpha value is -3.54. The van der Waals surface area contributed by atoms with Gasteiger partial charge in [0.15, 0.2) is 5.78 Å². The lowest BCUT2D eigenvalue weighted by Gasteiger charge is -2.32. The summed E-state index contributed by atoms with van der Waals surface area (Å²) in [6.45, 7) is 2.97. The molecule has 32 heavy (non-hydrogen) atoms. The van der Waals surface area contributed by atoms with Gasteiger partial charge in [-0.15, -0.1) is 11.3 Å². The highest BCUT2D eigenvalue weighted by molar-refractivity contribution is 7.17. The molecule has 1 amide bonds. The number of nitrogen functional groups attached to an aromatic ring is 1. The van der Waals surface area contributed by atoms with Crippen molar-refractivity contribution in [2.75, 3.05) is 39.0 Å². The minimum Gasteiger partial charge on any atom is -0.477 e. The Morgan fingerprint density at radius 1 is 1.16 bits per heavy atom. The topological polar surface area (TPSA) is 145 Å². The normalized spacial score (nSPS) is 16.1. The third-order valence-electron chi connectivity index (χ3n) is 5.77. The molecule has 5 N–H and O–H groups in total. The number of likely N-dealkylation sites (N-methyl/N-ethyl adjacent to an activating group) is 1. The van der Waals surface area contributed by atoms with Gasteiger partial charge in [-0.25, -0.2) is 9.80 Å². The molecular weight excluding hydrogens is 432 g/mol. The van der Waals surface area contributed by atoms with Crippen molar-refractivity contribution >= 4 is 34.7 Å². The summed E-state index contributed by atoms with van der Waals surface area (Å²) in [6, 6.07) is 6.40. The lowest BCUT2D eigenvalue weighted by atomic mass is 9.99. The molecule has 0 spiro atoms. The molecule has 0 radical (unpaired) electrons. The van der Waals surface area contributed by atoms with Crippen molar-refractivity contribution < 1.29 is 19.5 Å². The van der Waals surface area contributed by atoms with E-state index in [1.54, 1.807) is 18.2 Å². The number of nitrogens with one attached hydrogen (secondary N) is 2. The van der Waals surface area contributed by atoms with E-state index in [2.05, 4.69) is 20.5 Å². The summed E-state index contributed by atoms with van der Waals surface area (Å²) in [5.74, 6) is -1.83. The van der Waals surface area contributed by atoms with E-state index in [0.717, 1.165) is 24.4 Å². The van der Waals surface area contributed by atoms with Gasteiger partial charge in [0, 0.05) is 43.0 Å². The highest BCUT2D eigenvalue weighted by Gasteiger charge is 2.38. The molecule has 0 bridgehead atoms. The van der Waals surface area contributed by atoms with Crippen molar-refractivity contribution in [2.24, 2.45) is 0 Å². The van der Waals surface area contributed by atoms with Crippen LogP contribution in [-0.4, -0.2) is 76.1 Å². The average Bonchev–Trinajstić information content (AvgIpc) is 3.46. The van der Waals surface area contributed by atoms with Gasteiger partial charge in [-0.3, -0.25) is 20.1 Å². The summed E-state index contributed by atoms with van der Waals surface area (Å²) in [5.41, 5.74) is 11.3. The van der Waals surface area contributed by atoms with Crippen LogP contribution in [0.15, 0.2) is 24.3 Å². The Kier molecular flexibility index (Phi) is 4.81. The molecule has 1 aliphatic heterocycles. The predicted octanol–water partition coefficient (Wildman–Crippen LogP) is 1.52. The summed E-state index contributed by atoms with van der Waals surface area (Å²) in [4.78, 5) is 40.8. The number of thiophene rings is 1. The zero-order valence-electron chi connectivity index (χ0n) is 17.1. The van der Waals surface area contributed by atoms with Crippen molar-refractivity contribution in [1.82, 2.24) is 25.5 Å². The van der Waals surface area contributed by atoms with E-state index in [-0.39, 0.29) is 27.5 Å². The number of hydrogen-bond acceptors (Lipinski definition) is 8. The molecule has 1 fully saturated rings. The Morgan fingerprint density at radius 3 is 2.59 bits per heavy atom. The molecule has 3 aromatic rings. The number of anilines is 1. The van der Waals surface area contributed by atoms with Gasteiger partial charge in [0.1, 0.15) is 10.6 Å². The molecular formula is C21H20N6O4S. The van der Waals surface area contributed by atoms with Crippen molar-refractivity contribution in [3.8, 4) is 21.8 Å². The number of rotatable bonds is 4. The number of aromatic nitrogens is 2. The number of amides is 1. The Balaban J connectivity index is 1.51. The molecule has 11 heteroatoms. The molecule has 1 aromatic carbocycles. The second-order valence-corrected chi connectivity index (χ2v) is 8.89. The van der Waals surface area contributed by atoms with Crippen LogP contribution in [0.2, 0.25) is 0 Å². The zero-order chi connectivity index (χ0) is 22.6. The summed E-state index contributed by atoms with van der Waals surface area (Å²) in [7, 11) is 2.02. The maximum absolute atomic E-state index is 13.5. The van der Waals surface area contributed by atoms with Crippen LogP contribution in [0.4, 0.5) is 5.69 Å². The number of ketones is 1. The van der Waals surface area contributed by atoms with Crippen molar-refractivity contribution in [3.05, 3.63) is 45.8 Å². The van der Waals surface area contributed by atoms with Crippen LogP contribution in [0.3, 0.4) is 0 Å². The monoisotopic (exact) mass is 452 g/mol. The van der Waals surface area contributed by atoms with E-state index in [0.29, 0.717) is 40.5 Å². The Morgan fingerprint density at radius 2 is 1.91 bits per heavy atom. The number of aromatic carboxylic acids is 1.